The third kappa shape index (κ3) is 6.39. The Morgan fingerprint density at radius 3 is 2.59 bits per heavy atom. The summed E-state index contributed by atoms with van der Waals surface area (Å²) in [6.45, 7) is 9.55. The second-order valence-electron chi connectivity index (χ2n) is 5.67. The van der Waals surface area contributed by atoms with Gasteiger partial charge < -0.3 is 5.11 Å². The maximum Gasteiger partial charge on any atom is 0.0558 e. The zero-order chi connectivity index (χ0) is 12.7. The van der Waals surface area contributed by atoms with Gasteiger partial charge in [-0.05, 0) is 30.0 Å². The Morgan fingerprint density at radius 2 is 2.06 bits per heavy atom. The molecule has 0 spiro atoms. The Bertz CT molecular complexity index is 306. The number of nitrogens with zero attached hydrogens (tertiary/aromatic N) is 2. The topological polar surface area (TPSA) is 36.4 Å². The molecule has 3 nitrogen and oxygen atoms in total. The lowest BCUT2D eigenvalue weighted by Crippen LogP contribution is -2.29. The minimum atomic E-state index is 0.213. The first-order chi connectivity index (χ1) is 8.01. The van der Waals surface area contributed by atoms with Crippen molar-refractivity contribution >= 4 is 0 Å². The Balaban J connectivity index is 2.49. The molecule has 1 rings (SSSR count). The van der Waals surface area contributed by atoms with E-state index in [1.165, 1.54) is 5.56 Å². The molecule has 0 aromatic carbocycles. The van der Waals surface area contributed by atoms with E-state index < -0.39 is 0 Å². The van der Waals surface area contributed by atoms with Crippen LogP contribution < -0.4 is 0 Å². The van der Waals surface area contributed by atoms with E-state index in [2.05, 4.69) is 36.7 Å². The Kier molecular flexibility index (Phi) is 5.59. The maximum absolute atomic E-state index is 9.09. The molecule has 1 heterocycles. The SMILES string of the molecule is CC(C)(C)CCN(CCO)Cc1cccnc1. The number of aromatic nitrogens is 1. The highest BCUT2D eigenvalue weighted by molar-refractivity contribution is 5.08. The third-order valence-corrected chi connectivity index (χ3v) is 2.72. The molecular weight excluding hydrogens is 212 g/mol. The van der Waals surface area contributed by atoms with Crippen molar-refractivity contribution in [3.05, 3.63) is 30.1 Å². The first kappa shape index (κ1) is 14.1. The minimum Gasteiger partial charge on any atom is -0.395 e. The van der Waals surface area contributed by atoms with Crippen LogP contribution in [0.1, 0.15) is 32.8 Å². The second kappa shape index (κ2) is 6.72. The predicted octanol–water partition coefficient (Wildman–Crippen LogP) is 2.31. The third-order valence-electron chi connectivity index (χ3n) is 2.72. The first-order valence-corrected chi connectivity index (χ1v) is 6.23. The lowest BCUT2D eigenvalue weighted by atomic mass is 9.92. The number of aliphatic hydroxyl groups is 1. The van der Waals surface area contributed by atoms with E-state index >= 15 is 0 Å². The number of aliphatic hydroxyl groups excluding tert-OH is 1. The van der Waals surface area contributed by atoms with Gasteiger partial charge in [0, 0.05) is 25.5 Å². The Hall–Kier alpha value is -0.930. The number of hydrogen-bond acceptors (Lipinski definition) is 3. The quantitative estimate of drug-likeness (QED) is 0.823. The van der Waals surface area contributed by atoms with Crippen molar-refractivity contribution in [2.75, 3.05) is 19.7 Å². The fourth-order valence-corrected chi connectivity index (χ4v) is 1.65. The van der Waals surface area contributed by atoms with E-state index in [0.717, 1.165) is 26.1 Å². The van der Waals surface area contributed by atoms with Crippen molar-refractivity contribution < 1.29 is 5.11 Å². The van der Waals surface area contributed by atoms with Gasteiger partial charge in [-0.1, -0.05) is 26.8 Å². The highest BCUT2D eigenvalue weighted by atomic mass is 16.3. The minimum absolute atomic E-state index is 0.213. The molecule has 3 heteroatoms. The molecule has 0 fully saturated rings. The first-order valence-electron chi connectivity index (χ1n) is 6.23. The Morgan fingerprint density at radius 1 is 1.29 bits per heavy atom. The Labute approximate surface area is 104 Å². The van der Waals surface area contributed by atoms with Crippen LogP contribution in [0.25, 0.3) is 0 Å². The fraction of sp³-hybridized carbons (Fsp3) is 0.643. The zero-order valence-electron chi connectivity index (χ0n) is 11.2. The number of rotatable bonds is 6. The number of pyridine rings is 1. The van der Waals surface area contributed by atoms with Crippen LogP contribution in [0.15, 0.2) is 24.5 Å². The molecule has 0 amide bonds. The predicted molar refractivity (Wildman–Crippen MR) is 70.7 cm³/mol. The highest BCUT2D eigenvalue weighted by Crippen LogP contribution is 2.19. The van der Waals surface area contributed by atoms with Gasteiger partial charge in [0.05, 0.1) is 6.61 Å². The molecule has 0 aliphatic heterocycles. The summed E-state index contributed by atoms with van der Waals surface area (Å²) in [5.41, 5.74) is 1.54. The van der Waals surface area contributed by atoms with Crippen LogP contribution in [-0.4, -0.2) is 34.7 Å². The molecule has 1 N–H and O–H groups in total. The molecular formula is C14H24N2O. The van der Waals surface area contributed by atoms with Gasteiger partial charge in [-0.2, -0.15) is 0 Å². The molecule has 96 valence electrons. The monoisotopic (exact) mass is 236 g/mol. The summed E-state index contributed by atoms with van der Waals surface area (Å²) in [6.07, 6.45) is 4.81. The highest BCUT2D eigenvalue weighted by Gasteiger charge is 2.13. The summed E-state index contributed by atoms with van der Waals surface area (Å²) in [5, 5.41) is 9.09. The van der Waals surface area contributed by atoms with Crippen LogP contribution in [0, 0.1) is 5.41 Å². The van der Waals surface area contributed by atoms with E-state index in [1.807, 2.05) is 12.3 Å². The van der Waals surface area contributed by atoms with Crippen LogP contribution in [0.5, 0.6) is 0 Å². The standard InChI is InChI=1S/C14H24N2O/c1-14(2,3)6-8-16(9-10-17)12-13-5-4-7-15-11-13/h4-5,7,11,17H,6,8-10,12H2,1-3H3. The van der Waals surface area contributed by atoms with Gasteiger partial charge in [-0.25, -0.2) is 0 Å². The number of hydrogen-bond donors (Lipinski definition) is 1. The molecule has 0 aliphatic rings. The van der Waals surface area contributed by atoms with Crippen molar-refractivity contribution in [2.24, 2.45) is 5.41 Å². The lowest BCUT2D eigenvalue weighted by Gasteiger charge is -2.26. The smallest absolute Gasteiger partial charge is 0.0558 e. The summed E-state index contributed by atoms with van der Waals surface area (Å²) in [5.74, 6) is 0. The molecule has 0 bridgehead atoms. The van der Waals surface area contributed by atoms with Gasteiger partial charge in [0.15, 0.2) is 0 Å². The summed E-state index contributed by atoms with van der Waals surface area (Å²) in [7, 11) is 0. The van der Waals surface area contributed by atoms with Crippen molar-refractivity contribution in [3.63, 3.8) is 0 Å². The summed E-state index contributed by atoms with van der Waals surface area (Å²) in [4.78, 5) is 6.40. The van der Waals surface area contributed by atoms with Crippen LogP contribution in [0.4, 0.5) is 0 Å². The average Bonchev–Trinajstić information content (AvgIpc) is 2.27. The summed E-state index contributed by atoms with van der Waals surface area (Å²) >= 11 is 0. The van der Waals surface area contributed by atoms with Crippen molar-refractivity contribution in [1.29, 1.82) is 0 Å². The molecule has 0 saturated heterocycles. The van der Waals surface area contributed by atoms with Crippen LogP contribution in [-0.2, 0) is 6.54 Å². The van der Waals surface area contributed by atoms with Crippen LogP contribution in [0.2, 0.25) is 0 Å². The van der Waals surface area contributed by atoms with E-state index in [1.54, 1.807) is 6.20 Å². The van der Waals surface area contributed by atoms with E-state index in [0.29, 0.717) is 5.41 Å². The average molecular weight is 236 g/mol. The molecule has 17 heavy (non-hydrogen) atoms. The van der Waals surface area contributed by atoms with Gasteiger partial charge in [-0.3, -0.25) is 9.88 Å². The fourth-order valence-electron chi connectivity index (χ4n) is 1.65. The van der Waals surface area contributed by atoms with E-state index in [4.69, 9.17) is 5.11 Å². The zero-order valence-corrected chi connectivity index (χ0v) is 11.2. The van der Waals surface area contributed by atoms with Crippen LogP contribution in [0.3, 0.4) is 0 Å². The van der Waals surface area contributed by atoms with Gasteiger partial charge >= 0.3 is 0 Å². The molecule has 0 radical (unpaired) electrons. The van der Waals surface area contributed by atoms with Crippen molar-refractivity contribution in [1.82, 2.24) is 9.88 Å². The maximum atomic E-state index is 9.09. The van der Waals surface area contributed by atoms with Gasteiger partial charge in [-0.15, -0.1) is 0 Å². The van der Waals surface area contributed by atoms with E-state index in [-0.39, 0.29) is 6.61 Å². The van der Waals surface area contributed by atoms with Gasteiger partial charge in [0.1, 0.15) is 0 Å². The van der Waals surface area contributed by atoms with E-state index in [9.17, 15) is 0 Å². The second-order valence-corrected chi connectivity index (χ2v) is 5.67. The largest absolute Gasteiger partial charge is 0.395 e. The van der Waals surface area contributed by atoms with Crippen LogP contribution >= 0.6 is 0 Å². The molecule has 1 aromatic rings. The normalized spacial score (nSPS) is 12.1. The molecule has 0 atom stereocenters. The molecule has 0 unspecified atom stereocenters. The van der Waals surface area contributed by atoms with Gasteiger partial charge in [0.2, 0.25) is 0 Å². The molecule has 0 aliphatic carbocycles. The molecule has 0 saturated carbocycles. The lowest BCUT2D eigenvalue weighted by molar-refractivity contribution is 0.171. The van der Waals surface area contributed by atoms with Crippen molar-refractivity contribution in [2.45, 2.75) is 33.7 Å². The van der Waals surface area contributed by atoms with Crippen molar-refractivity contribution in [3.8, 4) is 0 Å². The summed E-state index contributed by atoms with van der Waals surface area (Å²) in [6, 6.07) is 4.03. The van der Waals surface area contributed by atoms with Gasteiger partial charge in [0.25, 0.3) is 0 Å². The summed E-state index contributed by atoms with van der Waals surface area (Å²) < 4.78 is 0. The molecule has 1 aromatic heterocycles.